The van der Waals surface area contributed by atoms with Gasteiger partial charge in [0.15, 0.2) is 5.92 Å². The highest BCUT2D eigenvalue weighted by Crippen LogP contribution is 2.29. The Kier molecular flexibility index (Phi) is 6.11. The summed E-state index contributed by atoms with van der Waals surface area (Å²) in [4.78, 5) is 21.6. The first-order valence-electron chi connectivity index (χ1n) is 5.70. The molecule has 0 spiro atoms. The predicted octanol–water partition coefficient (Wildman–Crippen LogP) is 2.55. The van der Waals surface area contributed by atoms with E-state index in [-0.39, 0.29) is 13.0 Å². The molecule has 1 atom stereocenters. The van der Waals surface area contributed by atoms with Gasteiger partial charge >= 0.3 is 18.2 Å². The van der Waals surface area contributed by atoms with E-state index in [9.17, 15) is 22.8 Å². The molecule has 0 rings (SSSR count). The summed E-state index contributed by atoms with van der Waals surface area (Å²) in [5.74, 6) is -4.32. The van der Waals surface area contributed by atoms with Crippen molar-refractivity contribution in [2.24, 2.45) is 5.92 Å². The Labute approximate surface area is 109 Å². The zero-order chi connectivity index (χ0) is 15.3. The molecule has 0 heterocycles. The van der Waals surface area contributed by atoms with E-state index in [0.717, 1.165) is 0 Å². The maximum atomic E-state index is 12.3. The molecule has 0 aliphatic heterocycles. The third kappa shape index (κ3) is 8.28. The van der Waals surface area contributed by atoms with Crippen LogP contribution in [0.3, 0.4) is 0 Å². The average molecular weight is 285 g/mol. The van der Waals surface area contributed by atoms with Crippen molar-refractivity contribution in [3.8, 4) is 0 Å². The number of carboxylic acids is 1. The Morgan fingerprint density at radius 2 is 1.79 bits per heavy atom. The number of carbonyl (C=O) groups excluding carboxylic acids is 1. The summed E-state index contributed by atoms with van der Waals surface area (Å²) in [5, 5.41) is 10.7. The fourth-order valence-corrected chi connectivity index (χ4v) is 1.24. The smallest absolute Gasteiger partial charge is 0.407 e. The zero-order valence-corrected chi connectivity index (χ0v) is 11.0. The molecule has 0 saturated carbocycles. The number of aliphatic carboxylic acids is 1. The minimum atomic E-state index is -4.78. The number of rotatable bonds is 5. The van der Waals surface area contributed by atoms with E-state index in [1.807, 2.05) is 0 Å². The Bertz CT molecular complexity index is 323. The average Bonchev–Trinajstić information content (AvgIpc) is 2.11. The lowest BCUT2D eigenvalue weighted by Crippen LogP contribution is -2.34. The van der Waals surface area contributed by atoms with Crippen LogP contribution in [0, 0.1) is 5.92 Å². The van der Waals surface area contributed by atoms with Crippen LogP contribution in [-0.4, -0.2) is 35.5 Å². The van der Waals surface area contributed by atoms with Crippen molar-refractivity contribution in [2.45, 2.75) is 45.4 Å². The minimum absolute atomic E-state index is 0.0746. The Morgan fingerprint density at radius 3 is 2.16 bits per heavy atom. The van der Waals surface area contributed by atoms with Crippen LogP contribution in [0.1, 0.15) is 33.6 Å². The molecule has 0 fully saturated rings. The lowest BCUT2D eigenvalue weighted by Gasteiger charge is -2.20. The maximum Gasteiger partial charge on any atom is 0.407 e. The number of alkyl halides is 3. The molecule has 112 valence electrons. The van der Waals surface area contributed by atoms with Gasteiger partial charge in [-0.15, -0.1) is 0 Å². The quantitative estimate of drug-likeness (QED) is 0.761. The van der Waals surface area contributed by atoms with Gasteiger partial charge in [0.2, 0.25) is 0 Å². The summed E-state index contributed by atoms with van der Waals surface area (Å²) < 4.78 is 41.7. The first-order chi connectivity index (χ1) is 8.43. The van der Waals surface area contributed by atoms with Crippen LogP contribution in [0.4, 0.5) is 18.0 Å². The van der Waals surface area contributed by atoms with Crippen LogP contribution < -0.4 is 5.32 Å². The van der Waals surface area contributed by atoms with Gasteiger partial charge in [-0.2, -0.15) is 13.2 Å². The number of halogens is 3. The number of hydrogen-bond acceptors (Lipinski definition) is 3. The molecule has 0 aliphatic rings. The first-order valence-corrected chi connectivity index (χ1v) is 5.70. The molecule has 0 bridgehead atoms. The van der Waals surface area contributed by atoms with Crippen LogP contribution in [0.5, 0.6) is 0 Å². The third-order valence-electron chi connectivity index (χ3n) is 2.03. The number of carbonyl (C=O) groups is 2. The molecule has 5 nitrogen and oxygen atoms in total. The molecule has 0 saturated heterocycles. The fourth-order valence-electron chi connectivity index (χ4n) is 1.24. The van der Waals surface area contributed by atoms with Crippen LogP contribution in [-0.2, 0) is 9.53 Å². The first kappa shape index (κ1) is 17.5. The van der Waals surface area contributed by atoms with E-state index in [1.54, 1.807) is 20.8 Å². The van der Waals surface area contributed by atoms with Crippen molar-refractivity contribution in [3.05, 3.63) is 0 Å². The van der Waals surface area contributed by atoms with Crippen molar-refractivity contribution >= 4 is 12.1 Å². The van der Waals surface area contributed by atoms with Gasteiger partial charge in [0.05, 0.1) is 0 Å². The molecule has 19 heavy (non-hydrogen) atoms. The number of ether oxygens (including phenoxy) is 1. The van der Waals surface area contributed by atoms with E-state index in [4.69, 9.17) is 9.84 Å². The van der Waals surface area contributed by atoms with Gasteiger partial charge in [0, 0.05) is 6.54 Å². The highest BCUT2D eigenvalue weighted by atomic mass is 19.4. The van der Waals surface area contributed by atoms with E-state index in [2.05, 4.69) is 5.32 Å². The number of hydrogen-bond donors (Lipinski definition) is 2. The largest absolute Gasteiger partial charge is 0.481 e. The van der Waals surface area contributed by atoms with Crippen LogP contribution >= 0.6 is 0 Å². The summed E-state index contributed by atoms with van der Waals surface area (Å²) >= 11 is 0. The van der Waals surface area contributed by atoms with E-state index >= 15 is 0 Å². The number of nitrogens with one attached hydrogen (secondary N) is 1. The summed E-state index contributed by atoms with van der Waals surface area (Å²) in [7, 11) is 0. The van der Waals surface area contributed by atoms with Crippen LogP contribution in [0.25, 0.3) is 0 Å². The number of carboxylic acid groups (broad SMARTS) is 1. The Hall–Kier alpha value is -1.47. The highest BCUT2D eigenvalue weighted by molar-refractivity contribution is 5.71. The van der Waals surface area contributed by atoms with Crippen molar-refractivity contribution in [3.63, 3.8) is 0 Å². The summed E-state index contributed by atoms with van der Waals surface area (Å²) in [6.07, 6.45) is -6.21. The minimum Gasteiger partial charge on any atom is -0.481 e. The summed E-state index contributed by atoms with van der Waals surface area (Å²) in [6.45, 7) is 4.87. The predicted molar refractivity (Wildman–Crippen MR) is 60.7 cm³/mol. The second kappa shape index (κ2) is 6.63. The highest BCUT2D eigenvalue weighted by Gasteiger charge is 2.44. The maximum absolute atomic E-state index is 12.3. The van der Waals surface area contributed by atoms with Gasteiger partial charge in [-0.3, -0.25) is 4.79 Å². The lowest BCUT2D eigenvalue weighted by atomic mass is 10.0. The molecule has 2 N–H and O–H groups in total. The van der Waals surface area contributed by atoms with Crippen molar-refractivity contribution in [1.29, 1.82) is 0 Å². The lowest BCUT2D eigenvalue weighted by molar-refractivity contribution is -0.194. The van der Waals surface area contributed by atoms with E-state index < -0.39 is 36.2 Å². The molecule has 0 unspecified atom stereocenters. The second-order valence-electron chi connectivity index (χ2n) is 5.00. The fraction of sp³-hybridized carbons (Fsp3) is 0.818. The van der Waals surface area contributed by atoms with Crippen LogP contribution in [0.15, 0.2) is 0 Å². The molecule has 0 radical (unpaired) electrons. The molecule has 1 amide bonds. The van der Waals surface area contributed by atoms with Crippen molar-refractivity contribution < 1.29 is 32.6 Å². The second-order valence-corrected chi connectivity index (χ2v) is 5.00. The van der Waals surface area contributed by atoms with Crippen LogP contribution in [0.2, 0.25) is 0 Å². The molecule has 0 aromatic carbocycles. The van der Waals surface area contributed by atoms with Gasteiger partial charge < -0.3 is 15.2 Å². The van der Waals surface area contributed by atoms with E-state index in [0.29, 0.717) is 0 Å². The zero-order valence-electron chi connectivity index (χ0n) is 11.0. The van der Waals surface area contributed by atoms with E-state index in [1.165, 1.54) is 0 Å². The molecule has 0 aromatic heterocycles. The number of alkyl carbamates (subject to hydrolysis) is 1. The Morgan fingerprint density at radius 1 is 1.26 bits per heavy atom. The van der Waals surface area contributed by atoms with Crippen molar-refractivity contribution in [1.82, 2.24) is 5.32 Å². The van der Waals surface area contributed by atoms with Gasteiger partial charge in [0.1, 0.15) is 5.60 Å². The molecular weight excluding hydrogens is 267 g/mol. The molecule has 8 heteroatoms. The summed E-state index contributed by atoms with van der Waals surface area (Å²) in [6, 6.07) is 0. The summed E-state index contributed by atoms with van der Waals surface area (Å²) in [5.41, 5.74) is -0.695. The Balaban J connectivity index is 4.03. The molecule has 0 aliphatic carbocycles. The van der Waals surface area contributed by atoms with Gasteiger partial charge in [-0.05, 0) is 33.6 Å². The molecular formula is C11H18F3NO4. The third-order valence-corrected chi connectivity index (χ3v) is 2.03. The van der Waals surface area contributed by atoms with Crippen molar-refractivity contribution in [2.75, 3.05) is 6.54 Å². The monoisotopic (exact) mass is 285 g/mol. The SMILES string of the molecule is CC(C)(C)OC(=O)NCCC[C@@H](C(=O)O)C(F)(F)F. The van der Waals surface area contributed by atoms with Gasteiger partial charge in [-0.1, -0.05) is 0 Å². The molecule has 0 aromatic rings. The standard InChI is InChI=1S/C11H18F3NO4/c1-10(2,3)19-9(18)15-6-4-5-7(8(16)17)11(12,13)14/h7H,4-6H2,1-3H3,(H,15,18)(H,16,17)/t7-/m0/s1. The normalized spacial score (nSPS) is 13.8. The van der Waals surface area contributed by atoms with Gasteiger partial charge in [0.25, 0.3) is 0 Å². The van der Waals surface area contributed by atoms with Gasteiger partial charge in [-0.25, -0.2) is 4.79 Å². The number of amides is 1. The topological polar surface area (TPSA) is 75.6 Å².